The molecule has 2 heterocycles. The molecule has 1 N–H and O–H groups in total. The van der Waals surface area contributed by atoms with Gasteiger partial charge in [-0.15, -0.1) is 23.1 Å². The Morgan fingerprint density at radius 3 is 2.88 bits per heavy atom. The van der Waals surface area contributed by atoms with Crippen molar-refractivity contribution in [2.24, 2.45) is 11.8 Å². The Hall–Kier alpha value is -2.37. The number of hydrogen-bond acceptors (Lipinski definition) is 7. The fourth-order valence-corrected chi connectivity index (χ4v) is 6.24. The van der Waals surface area contributed by atoms with Gasteiger partial charge in [0, 0.05) is 22.7 Å². The van der Waals surface area contributed by atoms with Crippen molar-refractivity contribution < 1.29 is 14.3 Å². The summed E-state index contributed by atoms with van der Waals surface area (Å²) in [4.78, 5) is 31.1. The molecule has 2 aromatic rings. The van der Waals surface area contributed by atoms with Gasteiger partial charge < -0.3 is 10.1 Å². The number of pyridine rings is 1. The molecule has 1 aliphatic carbocycles. The van der Waals surface area contributed by atoms with Crippen LogP contribution < -0.4 is 5.32 Å². The van der Waals surface area contributed by atoms with Crippen LogP contribution in [0.1, 0.15) is 72.6 Å². The van der Waals surface area contributed by atoms with E-state index in [0.29, 0.717) is 45.3 Å². The van der Waals surface area contributed by atoms with E-state index < -0.39 is 0 Å². The molecule has 1 amide bonds. The number of nitrogens with zero attached hydrogens (tertiary/aromatic N) is 2. The summed E-state index contributed by atoms with van der Waals surface area (Å²) in [5, 5.41) is 13.6. The molecule has 176 valence electrons. The van der Waals surface area contributed by atoms with Crippen LogP contribution in [0.3, 0.4) is 0 Å². The molecule has 6 nitrogen and oxygen atoms in total. The van der Waals surface area contributed by atoms with Gasteiger partial charge in [0.15, 0.2) is 0 Å². The quantitative estimate of drug-likeness (QED) is 0.365. The monoisotopic (exact) mass is 485 g/mol. The molecule has 3 rings (SSSR count). The van der Waals surface area contributed by atoms with Crippen LogP contribution in [-0.4, -0.2) is 29.2 Å². The summed E-state index contributed by atoms with van der Waals surface area (Å²) >= 11 is 2.91. The number of anilines is 1. The van der Waals surface area contributed by atoms with Gasteiger partial charge in [0.2, 0.25) is 5.91 Å². The highest BCUT2D eigenvalue weighted by molar-refractivity contribution is 7.99. The zero-order valence-electron chi connectivity index (χ0n) is 19.7. The number of carbonyl (C=O) groups is 2. The van der Waals surface area contributed by atoms with Gasteiger partial charge in [-0.25, -0.2) is 9.78 Å². The Labute approximate surface area is 204 Å². The van der Waals surface area contributed by atoms with Crippen LogP contribution in [-0.2, 0) is 28.8 Å². The average Bonchev–Trinajstić information content (AvgIpc) is 3.10. The van der Waals surface area contributed by atoms with E-state index in [1.165, 1.54) is 28.0 Å². The first kappa shape index (κ1) is 25.3. The largest absolute Gasteiger partial charge is 0.462 e. The molecular formula is C25H31N3O3S2. The number of fused-ring (bicyclic) bond motifs is 1. The van der Waals surface area contributed by atoms with Crippen molar-refractivity contribution in [3.8, 4) is 6.07 Å². The molecule has 8 heteroatoms. The Balaban J connectivity index is 1.67. The first-order valence-electron chi connectivity index (χ1n) is 11.5. The lowest BCUT2D eigenvalue weighted by atomic mass is 9.88. The van der Waals surface area contributed by atoms with Gasteiger partial charge in [-0.05, 0) is 62.1 Å². The molecule has 0 spiro atoms. The highest BCUT2D eigenvalue weighted by Crippen LogP contribution is 2.40. The van der Waals surface area contributed by atoms with E-state index in [4.69, 9.17) is 4.74 Å². The smallest absolute Gasteiger partial charge is 0.341 e. The molecule has 0 aliphatic heterocycles. The number of nitriles is 1. The molecular weight excluding hydrogens is 454 g/mol. The van der Waals surface area contributed by atoms with E-state index in [1.54, 1.807) is 13.0 Å². The second kappa shape index (κ2) is 11.7. The van der Waals surface area contributed by atoms with Crippen molar-refractivity contribution in [3.63, 3.8) is 0 Å². The van der Waals surface area contributed by atoms with E-state index in [9.17, 15) is 14.9 Å². The summed E-state index contributed by atoms with van der Waals surface area (Å²) < 4.78 is 5.28. The predicted molar refractivity (Wildman–Crippen MR) is 133 cm³/mol. The van der Waals surface area contributed by atoms with Gasteiger partial charge in [0.1, 0.15) is 16.1 Å². The van der Waals surface area contributed by atoms with Crippen molar-refractivity contribution in [3.05, 3.63) is 39.4 Å². The molecule has 1 aliphatic rings. The predicted octanol–water partition coefficient (Wildman–Crippen LogP) is 5.64. The summed E-state index contributed by atoms with van der Waals surface area (Å²) in [5.41, 5.74) is 3.04. The fourth-order valence-electron chi connectivity index (χ4n) is 3.89. The zero-order valence-corrected chi connectivity index (χ0v) is 21.3. The summed E-state index contributed by atoms with van der Waals surface area (Å²) in [5.74, 6) is 1.02. The number of nitrogens with one attached hydrogen (secondary N) is 1. The summed E-state index contributed by atoms with van der Waals surface area (Å²) in [7, 11) is 0. The highest BCUT2D eigenvalue weighted by Gasteiger charge is 2.29. The van der Waals surface area contributed by atoms with E-state index in [2.05, 4.69) is 37.1 Å². The molecule has 0 saturated carbocycles. The molecule has 1 unspecified atom stereocenters. The first-order chi connectivity index (χ1) is 15.8. The van der Waals surface area contributed by atoms with Crippen LogP contribution in [0.4, 0.5) is 5.00 Å². The van der Waals surface area contributed by atoms with E-state index in [0.717, 1.165) is 36.9 Å². The van der Waals surface area contributed by atoms with Gasteiger partial charge in [0.25, 0.3) is 0 Å². The van der Waals surface area contributed by atoms with Gasteiger partial charge in [-0.1, -0.05) is 20.8 Å². The lowest BCUT2D eigenvalue weighted by Crippen LogP contribution is -2.17. The van der Waals surface area contributed by atoms with Crippen molar-refractivity contribution in [1.82, 2.24) is 4.98 Å². The molecule has 33 heavy (non-hydrogen) atoms. The highest BCUT2D eigenvalue weighted by atomic mass is 32.2. The number of thiophene rings is 1. The van der Waals surface area contributed by atoms with Crippen molar-refractivity contribution in [1.29, 1.82) is 5.26 Å². The maximum absolute atomic E-state index is 12.7. The normalized spacial score (nSPS) is 15.1. The molecule has 0 aromatic carbocycles. The summed E-state index contributed by atoms with van der Waals surface area (Å²) in [6.45, 7) is 8.55. The number of thioether (sulfide) groups is 1. The zero-order chi connectivity index (χ0) is 24.0. The molecule has 0 radical (unpaired) electrons. The Bertz CT molecular complexity index is 1060. The number of hydrogen-bond donors (Lipinski definition) is 1. The van der Waals surface area contributed by atoms with Crippen LogP contribution >= 0.6 is 23.1 Å². The van der Waals surface area contributed by atoms with Crippen LogP contribution in [0.2, 0.25) is 0 Å². The van der Waals surface area contributed by atoms with Gasteiger partial charge in [-0.2, -0.15) is 5.26 Å². The number of rotatable bonds is 9. The molecule has 0 fully saturated rings. The lowest BCUT2D eigenvalue weighted by molar-refractivity contribution is -0.115. The van der Waals surface area contributed by atoms with E-state index >= 15 is 0 Å². The topological polar surface area (TPSA) is 92.1 Å². The maximum Gasteiger partial charge on any atom is 0.341 e. The first-order valence-corrected chi connectivity index (χ1v) is 13.3. The minimum absolute atomic E-state index is 0.156. The van der Waals surface area contributed by atoms with E-state index in [-0.39, 0.29) is 18.3 Å². The van der Waals surface area contributed by atoms with Crippen molar-refractivity contribution in [2.45, 2.75) is 64.8 Å². The second-order valence-electron chi connectivity index (χ2n) is 8.79. The van der Waals surface area contributed by atoms with Crippen LogP contribution in [0.15, 0.2) is 17.2 Å². The Morgan fingerprint density at radius 1 is 1.39 bits per heavy atom. The van der Waals surface area contributed by atoms with E-state index in [1.807, 2.05) is 6.07 Å². The number of aromatic nitrogens is 1. The average molecular weight is 486 g/mol. The number of amides is 1. The Kier molecular flexibility index (Phi) is 8.93. The van der Waals surface area contributed by atoms with Gasteiger partial charge >= 0.3 is 5.97 Å². The molecule has 0 bridgehead atoms. The summed E-state index contributed by atoms with van der Waals surface area (Å²) in [6.07, 6.45) is 3.89. The van der Waals surface area contributed by atoms with Crippen LogP contribution in [0, 0.1) is 23.2 Å². The second-order valence-corrected chi connectivity index (χ2v) is 11.0. The third-order valence-electron chi connectivity index (χ3n) is 5.47. The third kappa shape index (κ3) is 6.58. The van der Waals surface area contributed by atoms with Crippen LogP contribution in [0.5, 0.6) is 0 Å². The lowest BCUT2D eigenvalue weighted by Gasteiger charge is -2.18. The molecule has 1 atom stereocenters. The van der Waals surface area contributed by atoms with Crippen LogP contribution in [0.25, 0.3) is 0 Å². The standard InChI is InChI=1S/C25H31N3O3S2/c1-5-31-25(30)22-19-9-6-16(4)13-20(19)33-24(22)28-21(29)10-11-32-23-17(14-26)7-8-18(27-23)12-15(2)3/h7-8,15-16H,5-6,9-13H2,1-4H3,(H,28,29). The van der Waals surface area contributed by atoms with Crippen molar-refractivity contribution in [2.75, 3.05) is 17.7 Å². The minimum atomic E-state index is -0.362. The number of esters is 1. The number of ether oxygens (including phenoxy) is 1. The van der Waals surface area contributed by atoms with Crippen molar-refractivity contribution >= 4 is 40.0 Å². The molecule has 2 aromatic heterocycles. The SMILES string of the molecule is CCOC(=O)c1c(NC(=O)CCSc2nc(CC(C)C)ccc2C#N)sc2c1CCC(C)C2. The fraction of sp³-hybridized carbons (Fsp3) is 0.520. The number of carbonyl (C=O) groups excluding carboxylic acids is 2. The minimum Gasteiger partial charge on any atom is -0.462 e. The Morgan fingerprint density at radius 2 is 2.18 bits per heavy atom. The maximum atomic E-state index is 12.7. The van der Waals surface area contributed by atoms with Gasteiger partial charge in [0.05, 0.1) is 17.7 Å². The van der Waals surface area contributed by atoms with Gasteiger partial charge in [-0.3, -0.25) is 4.79 Å². The third-order valence-corrected chi connectivity index (χ3v) is 7.63. The summed E-state index contributed by atoms with van der Waals surface area (Å²) in [6, 6.07) is 5.88. The molecule has 0 saturated heterocycles.